The molecule has 0 amide bonds. The van der Waals surface area contributed by atoms with Gasteiger partial charge < -0.3 is 9.84 Å². The Labute approximate surface area is 150 Å². The highest BCUT2D eigenvalue weighted by Gasteiger charge is 2.14. The molecule has 26 heavy (non-hydrogen) atoms. The van der Waals surface area contributed by atoms with Crippen molar-refractivity contribution in [2.75, 3.05) is 7.11 Å². The molecule has 2 aromatic carbocycles. The summed E-state index contributed by atoms with van der Waals surface area (Å²) in [6.45, 7) is 0. The molecule has 4 rings (SSSR count). The normalized spacial score (nSPS) is 11.3. The Morgan fingerprint density at radius 2 is 1.81 bits per heavy atom. The smallest absolute Gasteiger partial charge is 0.187 e. The molecule has 6 heteroatoms. The van der Waals surface area contributed by atoms with E-state index in [0.717, 1.165) is 22.7 Å². The van der Waals surface area contributed by atoms with Crippen LogP contribution in [-0.4, -0.2) is 21.6 Å². The van der Waals surface area contributed by atoms with E-state index in [-0.39, 0.29) is 5.75 Å². The van der Waals surface area contributed by atoms with Gasteiger partial charge in [-0.15, -0.1) is 10.2 Å². The molecule has 128 valence electrons. The van der Waals surface area contributed by atoms with E-state index >= 15 is 0 Å². The van der Waals surface area contributed by atoms with Gasteiger partial charge in [-0.25, -0.2) is 4.98 Å². The molecule has 0 spiro atoms. The maximum Gasteiger partial charge on any atom is 0.187 e. The third kappa shape index (κ3) is 3.00. The van der Waals surface area contributed by atoms with E-state index in [0.29, 0.717) is 11.5 Å². The first kappa shape index (κ1) is 15.8. The van der Waals surface area contributed by atoms with Crippen LogP contribution in [0.4, 0.5) is 11.5 Å². The van der Waals surface area contributed by atoms with Crippen LogP contribution in [0.3, 0.4) is 0 Å². The average molecular weight is 344 g/mol. The summed E-state index contributed by atoms with van der Waals surface area (Å²) in [4.78, 5) is 4.69. The highest BCUT2D eigenvalue weighted by atomic mass is 16.5. The molecule has 2 aromatic heterocycles. The second kappa shape index (κ2) is 6.68. The van der Waals surface area contributed by atoms with Gasteiger partial charge in [-0.1, -0.05) is 12.1 Å². The van der Waals surface area contributed by atoms with Gasteiger partial charge in [0.05, 0.1) is 12.8 Å². The maximum absolute atomic E-state index is 9.59. The van der Waals surface area contributed by atoms with Crippen LogP contribution in [0.1, 0.15) is 0 Å². The Balaban J connectivity index is 1.83. The van der Waals surface area contributed by atoms with Crippen LogP contribution in [0.15, 0.2) is 83.2 Å². The van der Waals surface area contributed by atoms with Crippen LogP contribution in [0, 0.1) is 0 Å². The van der Waals surface area contributed by atoms with Crippen molar-refractivity contribution in [3.8, 4) is 22.8 Å². The standard InChI is InChI=1S/C20H16N4O2/c1-26-17-10-8-14(9-11-17)19-20(24-12-3-2-7-18(24)21-19)23-22-15-5-4-6-16(25)13-15/h2-13,25H,1H3. The Kier molecular flexibility index (Phi) is 4.07. The Hall–Kier alpha value is -3.67. The van der Waals surface area contributed by atoms with Crippen molar-refractivity contribution in [3.05, 3.63) is 72.9 Å². The van der Waals surface area contributed by atoms with E-state index in [2.05, 4.69) is 15.2 Å². The van der Waals surface area contributed by atoms with E-state index in [1.807, 2.05) is 53.1 Å². The molecule has 0 radical (unpaired) electrons. The fraction of sp³-hybridized carbons (Fsp3) is 0.0500. The first-order chi connectivity index (χ1) is 12.7. The molecule has 0 aliphatic rings. The fourth-order valence-corrected chi connectivity index (χ4v) is 2.68. The molecule has 0 fully saturated rings. The summed E-state index contributed by atoms with van der Waals surface area (Å²) in [7, 11) is 1.63. The SMILES string of the molecule is COc1ccc(-c2nc3ccccn3c2N=Nc2cccc(O)c2)cc1. The molecule has 4 aromatic rings. The number of pyridine rings is 1. The zero-order chi connectivity index (χ0) is 17.9. The third-order valence-corrected chi connectivity index (χ3v) is 3.96. The van der Waals surface area contributed by atoms with Gasteiger partial charge in [0.1, 0.15) is 22.8 Å². The molecule has 0 unspecified atom stereocenters. The van der Waals surface area contributed by atoms with E-state index in [1.54, 1.807) is 31.4 Å². The lowest BCUT2D eigenvalue weighted by molar-refractivity contribution is 0.415. The van der Waals surface area contributed by atoms with Crippen LogP contribution >= 0.6 is 0 Å². The second-order valence-electron chi connectivity index (χ2n) is 5.66. The molecule has 0 aliphatic heterocycles. The molecule has 0 saturated heterocycles. The molecule has 1 N–H and O–H groups in total. The highest BCUT2D eigenvalue weighted by Crippen LogP contribution is 2.33. The Morgan fingerprint density at radius 1 is 0.962 bits per heavy atom. The van der Waals surface area contributed by atoms with E-state index in [9.17, 15) is 5.11 Å². The lowest BCUT2D eigenvalue weighted by Gasteiger charge is -2.02. The minimum absolute atomic E-state index is 0.148. The molecular formula is C20H16N4O2. The summed E-state index contributed by atoms with van der Waals surface area (Å²) < 4.78 is 7.10. The molecule has 0 aliphatic carbocycles. The maximum atomic E-state index is 9.59. The number of hydrogen-bond acceptors (Lipinski definition) is 5. The summed E-state index contributed by atoms with van der Waals surface area (Å²) in [6.07, 6.45) is 1.90. The van der Waals surface area contributed by atoms with Gasteiger partial charge in [-0.2, -0.15) is 0 Å². The topological polar surface area (TPSA) is 71.5 Å². The van der Waals surface area contributed by atoms with Gasteiger partial charge in [-0.3, -0.25) is 4.40 Å². The predicted molar refractivity (Wildman–Crippen MR) is 99.5 cm³/mol. The van der Waals surface area contributed by atoms with Gasteiger partial charge in [-0.05, 0) is 48.5 Å². The van der Waals surface area contributed by atoms with Crippen molar-refractivity contribution < 1.29 is 9.84 Å². The number of azo groups is 1. The number of fused-ring (bicyclic) bond motifs is 1. The average Bonchev–Trinajstić information content (AvgIpc) is 3.05. The van der Waals surface area contributed by atoms with Crippen molar-refractivity contribution in [1.82, 2.24) is 9.38 Å². The number of benzene rings is 2. The quantitative estimate of drug-likeness (QED) is 0.522. The van der Waals surface area contributed by atoms with Gasteiger partial charge in [0.2, 0.25) is 0 Å². The monoisotopic (exact) mass is 344 g/mol. The Morgan fingerprint density at radius 3 is 2.58 bits per heavy atom. The summed E-state index contributed by atoms with van der Waals surface area (Å²) in [6, 6.07) is 20.1. The molecule has 0 saturated carbocycles. The third-order valence-electron chi connectivity index (χ3n) is 3.96. The highest BCUT2D eigenvalue weighted by molar-refractivity contribution is 5.74. The molecule has 6 nitrogen and oxygen atoms in total. The second-order valence-corrected chi connectivity index (χ2v) is 5.66. The van der Waals surface area contributed by atoms with E-state index in [1.165, 1.54) is 0 Å². The number of aromatic nitrogens is 2. The summed E-state index contributed by atoms with van der Waals surface area (Å²) >= 11 is 0. The van der Waals surface area contributed by atoms with Crippen LogP contribution in [0.2, 0.25) is 0 Å². The lowest BCUT2D eigenvalue weighted by atomic mass is 10.1. The van der Waals surface area contributed by atoms with Crippen molar-refractivity contribution in [2.24, 2.45) is 10.2 Å². The first-order valence-corrected chi connectivity index (χ1v) is 8.07. The van der Waals surface area contributed by atoms with Crippen molar-refractivity contribution in [1.29, 1.82) is 0 Å². The number of phenolic OH excluding ortho intramolecular Hbond substituents is 1. The number of ether oxygens (including phenoxy) is 1. The number of phenols is 1. The summed E-state index contributed by atoms with van der Waals surface area (Å²) in [5.74, 6) is 1.55. The van der Waals surface area contributed by atoms with Crippen LogP contribution < -0.4 is 4.74 Å². The summed E-state index contributed by atoms with van der Waals surface area (Å²) in [5, 5.41) is 18.3. The zero-order valence-corrected chi connectivity index (χ0v) is 14.1. The molecular weight excluding hydrogens is 328 g/mol. The van der Waals surface area contributed by atoms with Crippen LogP contribution in [0.25, 0.3) is 16.9 Å². The number of hydrogen-bond donors (Lipinski definition) is 1. The molecule has 0 bridgehead atoms. The zero-order valence-electron chi connectivity index (χ0n) is 14.1. The van der Waals surface area contributed by atoms with Gasteiger partial charge in [0.15, 0.2) is 5.82 Å². The number of rotatable bonds is 4. The molecule has 0 atom stereocenters. The minimum atomic E-state index is 0.148. The van der Waals surface area contributed by atoms with E-state index in [4.69, 9.17) is 4.74 Å². The lowest BCUT2D eigenvalue weighted by Crippen LogP contribution is -1.83. The number of imidazole rings is 1. The van der Waals surface area contributed by atoms with Crippen molar-refractivity contribution >= 4 is 17.2 Å². The van der Waals surface area contributed by atoms with Crippen LogP contribution in [0.5, 0.6) is 11.5 Å². The fourth-order valence-electron chi connectivity index (χ4n) is 2.68. The predicted octanol–water partition coefficient (Wildman–Crippen LogP) is 5.13. The van der Waals surface area contributed by atoms with Crippen molar-refractivity contribution in [2.45, 2.75) is 0 Å². The number of methoxy groups -OCH3 is 1. The number of aromatic hydroxyl groups is 1. The largest absolute Gasteiger partial charge is 0.508 e. The molecule has 2 heterocycles. The Bertz CT molecular complexity index is 1080. The first-order valence-electron chi connectivity index (χ1n) is 8.07. The van der Waals surface area contributed by atoms with E-state index < -0.39 is 0 Å². The van der Waals surface area contributed by atoms with Crippen molar-refractivity contribution in [3.63, 3.8) is 0 Å². The summed E-state index contributed by atoms with van der Waals surface area (Å²) in [5.41, 5.74) is 2.99. The van der Waals surface area contributed by atoms with Crippen LogP contribution in [-0.2, 0) is 0 Å². The minimum Gasteiger partial charge on any atom is -0.508 e. The van der Waals surface area contributed by atoms with Gasteiger partial charge in [0, 0.05) is 17.8 Å². The number of nitrogens with zero attached hydrogens (tertiary/aromatic N) is 4. The van der Waals surface area contributed by atoms with Gasteiger partial charge in [0.25, 0.3) is 0 Å². The van der Waals surface area contributed by atoms with Gasteiger partial charge >= 0.3 is 0 Å².